The van der Waals surface area contributed by atoms with Crippen molar-refractivity contribution >= 4 is 7.60 Å². The highest BCUT2D eigenvalue weighted by Crippen LogP contribution is 2.66. The minimum atomic E-state index is -3.99. The zero-order valence-corrected chi connectivity index (χ0v) is 29.3. The third kappa shape index (κ3) is 7.79. The number of hydrogen-bond donors (Lipinski definition) is 3. The number of allylic oxidation sites excluding steroid dienone is 8. The molecule has 3 N–H and O–H groups in total. The summed E-state index contributed by atoms with van der Waals surface area (Å²) < 4.78 is 11.1. The van der Waals surface area contributed by atoms with Gasteiger partial charge in [-0.05, 0) is 124 Å². The van der Waals surface area contributed by atoms with Crippen LogP contribution in [0.25, 0.3) is 0 Å². The molecule has 5 heteroatoms. The van der Waals surface area contributed by atoms with Gasteiger partial charge in [0.2, 0.25) is 0 Å². The van der Waals surface area contributed by atoms with Crippen LogP contribution in [0.1, 0.15) is 120 Å². The first-order valence-corrected chi connectivity index (χ1v) is 18.9. The van der Waals surface area contributed by atoms with Crippen molar-refractivity contribution in [3.8, 4) is 0 Å². The van der Waals surface area contributed by atoms with Gasteiger partial charge in [-0.15, -0.1) is 0 Å². The van der Waals surface area contributed by atoms with E-state index in [1.54, 1.807) is 11.6 Å². The van der Waals surface area contributed by atoms with Gasteiger partial charge in [0, 0.05) is 0 Å². The SMILES string of the molecule is C/C(=C\CP(=O)(O)O)CC/C=C(\C)C[C@]1(O)CC[C@@]2(C)C(=CC=C3[C@@H]4CC[C@H]([C@H](C)/C=C/[C@H](C)C(C)C)[C@@]4(C)CC[C@@H]32)C1. The monoisotopic (exact) mass is 612 g/mol. The largest absolute Gasteiger partial charge is 0.389 e. The summed E-state index contributed by atoms with van der Waals surface area (Å²) in [6, 6.07) is 0. The molecule has 0 saturated heterocycles. The van der Waals surface area contributed by atoms with Gasteiger partial charge in [0.25, 0.3) is 0 Å². The predicted molar refractivity (Wildman–Crippen MR) is 181 cm³/mol. The third-order valence-electron chi connectivity index (χ3n) is 12.5. The summed E-state index contributed by atoms with van der Waals surface area (Å²) in [5.41, 5.74) is 5.23. The molecular weight excluding hydrogens is 551 g/mol. The predicted octanol–water partition coefficient (Wildman–Crippen LogP) is 9.94. The first-order valence-electron chi connectivity index (χ1n) is 17.1. The topological polar surface area (TPSA) is 77.8 Å². The minimum Gasteiger partial charge on any atom is -0.389 e. The van der Waals surface area contributed by atoms with Crippen LogP contribution in [-0.4, -0.2) is 26.7 Å². The summed E-state index contributed by atoms with van der Waals surface area (Å²) in [6.45, 7) is 18.6. The van der Waals surface area contributed by atoms with Gasteiger partial charge in [-0.3, -0.25) is 4.57 Å². The molecule has 4 rings (SSSR count). The molecule has 0 unspecified atom stereocenters. The zero-order chi connectivity index (χ0) is 31.8. The molecule has 0 amide bonds. The van der Waals surface area contributed by atoms with Gasteiger partial charge in [-0.2, -0.15) is 0 Å². The molecule has 4 nitrogen and oxygen atoms in total. The average Bonchev–Trinajstić information content (AvgIpc) is 3.27. The Bertz CT molecular complexity index is 1220. The molecule has 0 aliphatic heterocycles. The van der Waals surface area contributed by atoms with Crippen molar-refractivity contribution in [2.75, 3.05) is 6.16 Å². The van der Waals surface area contributed by atoms with Gasteiger partial charge >= 0.3 is 7.60 Å². The molecule has 8 atom stereocenters. The van der Waals surface area contributed by atoms with Crippen molar-refractivity contribution in [1.82, 2.24) is 0 Å². The van der Waals surface area contributed by atoms with E-state index in [2.05, 4.69) is 78.8 Å². The summed E-state index contributed by atoms with van der Waals surface area (Å²) >= 11 is 0. The normalized spacial score (nSPS) is 36.6. The van der Waals surface area contributed by atoms with Gasteiger partial charge in [0.05, 0.1) is 11.8 Å². The molecule has 4 aliphatic rings. The summed E-state index contributed by atoms with van der Waals surface area (Å²) in [6.07, 6.45) is 23.8. The zero-order valence-electron chi connectivity index (χ0n) is 28.4. The van der Waals surface area contributed by atoms with E-state index in [1.165, 1.54) is 36.8 Å². The fourth-order valence-electron chi connectivity index (χ4n) is 9.33. The van der Waals surface area contributed by atoms with Crippen LogP contribution >= 0.6 is 7.60 Å². The fourth-order valence-corrected chi connectivity index (χ4v) is 9.88. The van der Waals surface area contributed by atoms with Crippen molar-refractivity contribution in [1.29, 1.82) is 0 Å². The van der Waals surface area contributed by atoms with E-state index in [0.717, 1.165) is 43.6 Å². The summed E-state index contributed by atoms with van der Waals surface area (Å²) in [5.74, 6) is 4.00. The number of aliphatic hydroxyl groups is 1. The standard InChI is InChI=1S/C38H61O4P/c1-26(2)29(5)12-13-30(6)33-16-17-34-32-15-14-31-25-38(39,22-21-36(31,7)35(32)18-20-37(33,34)8)24-28(4)11-9-10-27(3)19-23-43(40,41)42/h11-15,19,26,29-30,33-35,39H,9-10,16-18,20-25H2,1-8H3,(H2,40,41,42)/b13-12+,27-19+,28-11+/t29-,30+,33+,34-,35-,36-,37+,38+/m0/s1. The first-order chi connectivity index (χ1) is 20.0. The van der Waals surface area contributed by atoms with Gasteiger partial charge < -0.3 is 14.9 Å². The summed E-state index contributed by atoms with van der Waals surface area (Å²) in [4.78, 5) is 18.2. The molecule has 0 bridgehead atoms. The average molecular weight is 613 g/mol. The quantitative estimate of drug-likeness (QED) is 0.160. The Kier molecular flexibility index (Phi) is 10.7. The number of fused-ring (bicyclic) bond motifs is 5. The molecule has 0 spiro atoms. The Balaban J connectivity index is 1.43. The molecule has 3 saturated carbocycles. The van der Waals surface area contributed by atoms with Gasteiger partial charge in [-0.25, -0.2) is 0 Å². The van der Waals surface area contributed by atoms with Crippen LogP contribution in [0.4, 0.5) is 0 Å². The molecule has 43 heavy (non-hydrogen) atoms. The van der Waals surface area contributed by atoms with E-state index in [-0.39, 0.29) is 11.6 Å². The Morgan fingerprint density at radius 1 is 0.953 bits per heavy atom. The molecule has 4 aliphatic carbocycles. The van der Waals surface area contributed by atoms with Crippen molar-refractivity contribution in [3.05, 3.63) is 58.7 Å². The Morgan fingerprint density at radius 3 is 2.35 bits per heavy atom. The fraction of sp³-hybridized carbons (Fsp3) is 0.737. The van der Waals surface area contributed by atoms with Gasteiger partial charge in [0.1, 0.15) is 0 Å². The minimum absolute atomic E-state index is 0.159. The molecule has 0 aromatic rings. The van der Waals surface area contributed by atoms with Crippen LogP contribution in [0.5, 0.6) is 0 Å². The van der Waals surface area contributed by atoms with Gasteiger partial charge in [-0.1, -0.05) is 100 Å². The molecule has 0 radical (unpaired) electrons. The lowest BCUT2D eigenvalue weighted by Crippen LogP contribution is -2.48. The summed E-state index contributed by atoms with van der Waals surface area (Å²) in [5, 5.41) is 11.8. The van der Waals surface area contributed by atoms with E-state index >= 15 is 0 Å². The van der Waals surface area contributed by atoms with E-state index in [1.807, 2.05) is 6.92 Å². The molecule has 0 aromatic carbocycles. The molecule has 3 fully saturated rings. The number of hydrogen-bond acceptors (Lipinski definition) is 2. The van der Waals surface area contributed by atoms with Crippen LogP contribution in [-0.2, 0) is 4.57 Å². The second-order valence-electron chi connectivity index (χ2n) is 16.0. The van der Waals surface area contributed by atoms with E-state index in [0.29, 0.717) is 41.4 Å². The maximum atomic E-state index is 11.8. The van der Waals surface area contributed by atoms with Crippen LogP contribution < -0.4 is 0 Å². The van der Waals surface area contributed by atoms with Crippen LogP contribution in [0, 0.1) is 46.3 Å². The van der Waals surface area contributed by atoms with Crippen LogP contribution in [0.15, 0.2) is 58.7 Å². The number of rotatable bonds is 11. The van der Waals surface area contributed by atoms with Crippen molar-refractivity contribution in [2.24, 2.45) is 46.3 Å². The molecule has 242 valence electrons. The Morgan fingerprint density at radius 2 is 1.67 bits per heavy atom. The van der Waals surface area contributed by atoms with E-state index in [9.17, 15) is 9.67 Å². The maximum Gasteiger partial charge on any atom is 0.329 e. The highest BCUT2D eigenvalue weighted by Gasteiger charge is 2.57. The maximum absolute atomic E-state index is 11.8. The van der Waals surface area contributed by atoms with Crippen LogP contribution in [0.3, 0.4) is 0 Å². The van der Waals surface area contributed by atoms with Crippen molar-refractivity contribution < 1.29 is 19.5 Å². The first kappa shape index (κ1) is 34.7. The third-order valence-corrected chi connectivity index (χ3v) is 13.2. The van der Waals surface area contributed by atoms with Crippen molar-refractivity contribution in [3.63, 3.8) is 0 Å². The molecule has 0 heterocycles. The van der Waals surface area contributed by atoms with Crippen LogP contribution in [0.2, 0.25) is 0 Å². The van der Waals surface area contributed by atoms with E-state index < -0.39 is 13.2 Å². The molecule has 0 aromatic heterocycles. The van der Waals surface area contributed by atoms with Crippen molar-refractivity contribution in [2.45, 2.75) is 125 Å². The molecular formula is C38H61O4P. The lowest BCUT2D eigenvalue weighted by atomic mass is 9.49. The van der Waals surface area contributed by atoms with Gasteiger partial charge in [0.15, 0.2) is 0 Å². The highest BCUT2D eigenvalue weighted by atomic mass is 31.2. The lowest BCUT2D eigenvalue weighted by Gasteiger charge is -2.56. The lowest BCUT2D eigenvalue weighted by molar-refractivity contribution is -0.0217. The second-order valence-corrected chi connectivity index (χ2v) is 17.7. The van der Waals surface area contributed by atoms with E-state index in [4.69, 9.17) is 9.79 Å². The second kappa shape index (κ2) is 13.3. The smallest absolute Gasteiger partial charge is 0.329 e. The Hall–Kier alpha value is -1.19. The summed E-state index contributed by atoms with van der Waals surface area (Å²) in [7, 11) is -3.99. The Labute approximate surface area is 263 Å². The highest BCUT2D eigenvalue weighted by molar-refractivity contribution is 7.51.